The molecule has 0 unspecified atom stereocenters. The summed E-state index contributed by atoms with van der Waals surface area (Å²) in [6.07, 6.45) is 0.905. The second kappa shape index (κ2) is 7.40. The number of hydrogen-bond acceptors (Lipinski definition) is 4. The summed E-state index contributed by atoms with van der Waals surface area (Å²) in [5.41, 5.74) is 0.784. The van der Waals surface area contributed by atoms with Gasteiger partial charge in [-0.2, -0.15) is 0 Å². The topological polar surface area (TPSA) is 59.8 Å². The van der Waals surface area contributed by atoms with Gasteiger partial charge in [0.15, 0.2) is 11.0 Å². The van der Waals surface area contributed by atoms with Crippen LogP contribution in [0.15, 0.2) is 29.4 Å². The Morgan fingerprint density at radius 1 is 1.36 bits per heavy atom. The zero-order valence-corrected chi connectivity index (χ0v) is 13.7. The fourth-order valence-corrected chi connectivity index (χ4v) is 2.71. The molecule has 118 valence electrons. The number of rotatable bonds is 6. The summed E-state index contributed by atoms with van der Waals surface area (Å²) in [4.78, 5) is 11.9. The first-order valence-corrected chi connectivity index (χ1v) is 8.00. The highest BCUT2D eigenvalue weighted by Crippen LogP contribution is 2.25. The predicted molar refractivity (Wildman–Crippen MR) is 85.0 cm³/mol. The minimum atomic E-state index is -0.290. The van der Waals surface area contributed by atoms with Crippen LogP contribution in [0, 0.1) is 5.82 Å². The molecule has 1 heterocycles. The highest BCUT2D eigenvalue weighted by molar-refractivity contribution is 8.00. The Morgan fingerprint density at radius 2 is 2.05 bits per heavy atom. The van der Waals surface area contributed by atoms with Crippen LogP contribution in [0.2, 0.25) is 0 Å². The fraction of sp³-hybridized carbons (Fsp3) is 0.400. The van der Waals surface area contributed by atoms with Gasteiger partial charge in [-0.3, -0.25) is 4.79 Å². The lowest BCUT2D eigenvalue weighted by Crippen LogP contribution is -2.31. The van der Waals surface area contributed by atoms with E-state index in [-0.39, 0.29) is 17.0 Å². The lowest BCUT2D eigenvalue weighted by atomic mass is 10.2. The van der Waals surface area contributed by atoms with Gasteiger partial charge in [0.1, 0.15) is 5.82 Å². The van der Waals surface area contributed by atoms with Crippen molar-refractivity contribution in [3.63, 3.8) is 0 Å². The number of hydrogen-bond donors (Lipinski definition) is 1. The number of benzene rings is 1. The third-order valence-electron chi connectivity index (χ3n) is 3.14. The van der Waals surface area contributed by atoms with Crippen molar-refractivity contribution < 1.29 is 9.18 Å². The molecule has 0 aliphatic heterocycles. The van der Waals surface area contributed by atoms with Crippen LogP contribution in [0.1, 0.15) is 20.3 Å². The quantitative estimate of drug-likeness (QED) is 0.831. The molecule has 1 amide bonds. The number of aromatic nitrogens is 3. The molecule has 0 fully saturated rings. The molecule has 2 aromatic rings. The molecule has 0 aliphatic rings. The Morgan fingerprint density at radius 3 is 2.68 bits per heavy atom. The van der Waals surface area contributed by atoms with Gasteiger partial charge in [0.25, 0.3) is 0 Å². The first-order chi connectivity index (χ1) is 10.5. The van der Waals surface area contributed by atoms with Crippen molar-refractivity contribution in [3.05, 3.63) is 30.1 Å². The smallest absolute Gasteiger partial charge is 0.233 e. The van der Waals surface area contributed by atoms with E-state index < -0.39 is 0 Å². The minimum Gasteiger partial charge on any atom is -0.355 e. The van der Waals surface area contributed by atoms with E-state index in [0.717, 1.165) is 12.0 Å². The second-order valence-electron chi connectivity index (χ2n) is 4.92. The first-order valence-electron chi connectivity index (χ1n) is 7.12. The Hall–Kier alpha value is -1.89. The molecule has 1 aromatic carbocycles. The van der Waals surface area contributed by atoms with E-state index in [1.807, 2.05) is 25.5 Å². The van der Waals surface area contributed by atoms with Crippen LogP contribution >= 0.6 is 11.8 Å². The average Bonchev–Trinajstić information content (AvgIpc) is 2.86. The number of thioether (sulfide) groups is 1. The van der Waals surface area contributed by atoms with Crippen LogP contribution < -0.4 is 5.32 Å². The van der Waals surface area contributed by atoms with E-state index >= 15 is 0 Å². The third-order valence-corrected chi connectivity index (χ3v) is 4.27. The summed E-state index contributed by atoms with van der Waals surface area (Å²) < 4.78 is 14.8. The van der Waals surface area contributed by atoms with Gasteiger partial charge in [-0.1, -0.05) is 18.7 Å². The number of carbonyl (C=O) groups is 1. The van der Waals surface area contributed by atoms with Crippen molar-refractivity contribution in [2.75, 3.05) is 6.54 Å². The van der Waals surface area contributed by atoms with E-state index in [0.29, 0.717) is 17.5 Å². The van der Waals surface area contributed by atoms with Crippen LogP contribution in [0.5, 0.6) is 0 Å². The molecule has 0 aliphatic carbocycles. The number of nitrogens with zero attached hydrogens (tertiary/aromatic N) is 3. The van der Waals surface area contributed by atoms with E-state index in [1.54, 1.807) is 12.1 Å². The Labute approximate surface area is 133 Å². The lowest BCUT2D eigenvalue weighted by molar-refractivity contribution is -0.120. The summed E-state index contributed by atoms with van der Waals surface area (Å²) in [5, 5.41) is 11.5. The Balaban J connectivity index is 2.11. The van der Waals surface area contributed by atoms with Crippen LogP contribution in [-0.4, -0.2) is 32.5 Å². The molecule has 5 nitrogen and oxygen atoms in total. The van der Waals surface area contributed by atoms with E-state index in [4.69, 9.17) is 0 Å². The number of halogens is 1. The highest BCUT2D eigenvalue weighted by atomic mass is 32.2. The van der Waals surface area contributed by atoms with Gasteiger partial charge in [0.05, 0.1) is 5.25 Å². The number of carbonyl (C=O) groups excluding carboxylic acids is 1. The maximum Gasteiger partial charge on any atom is 0.233 e. The number of nitrogens with one attached hydrogen (secondary N) is 1. The van der Waals surface area contributed by atoms with Crippen molar-refractivity contribution in [2.24, 2.45) is 7.05 Å². The average molecular weight is 322 g/mol. The predicted octanol–water partition coefficient (Wildman–Crippen LogP) is 2.63. The molecular weight excluding hydrogens is 303 g/mol. The Kier molecular flexibility index (Phi) is 5.54. The molecule has 0 bridgehead atoms. The van der Waals surface area contributed by atoms with E-state index in [9.17, 15) is 9.18 Å². The van der Waals surface area contributed by atoms with Crippen LogP contribution in [0.25, 0.3) is 11.4 Å². The molecule has 7 heteroatoms. The monoisotopic (exact) mass is 322 g/mol. The molecule has 1 aromatic heterocycles. The Bertz CT molecular complexity index is 641. The maximum absolute atomic E-state index is 13.0. The van der Waals surface area contributed by atoms with Crippen molar-refractivity contribution in [1.82, 2.24) is 20.1 Å². The molecule has 1 atom stereocenters. The van der Waals surface area contributed by atoms with Crippen molar-refractivity contribution in [3.8, 4) is 11.4 Å². The summed E-state index contributed by atoms with van der Waals surface area (Å²) in [5.74, 6) is 0.337. The van der Waals surface area contributed by atoms with Gasteiger partial charge in [-0.05, 0) is 37.6 Å². The summed E-state index contributed by atoms with van der Waals surface area (Å²) in [6, 6.07) is 6.09. The SMILES string of the molecule is CCCNC(=O)[C@@H](C)Sc1nnc(-c2ccc(F)cc2)n1C. The fourth-order valence-electron chi connectivity index (χ4n) is 1.87. The molecule has 0 radical (unpaired) electrons. The minimum absolute atomic E-state index is 0.0156. The summed E-state index contributed by atoms with van der Waals surface area (Å²) >= 11 is 1.35. The van der Waals surface area contributed by atoms with Gasteiger partial charge >= 0.3 is 0 Å². The van der Waals surface area contributed by atoms with Gasteiger partial charge in [0, 0.05) is 19.2 Å². The lowest BCUT2D eigenvalue weighted by Gasteiger charge is -2.11. The number of amides is 1. The van der Waals surface area contributed by atoms with Crippen LogP contribution in [0.4, 0.5) is 4.39 Å². The summed E-state index contributed by atoms with van der Waals surface area (Å²) in [7, 11) is 1.83. The molecule has 2 rings (SSSR count). The molecule has 0 spiro atoms. The van der Waals surface area contributed by atoms with Crippen molar-refractivity contribution in [1.29, 1.82) is 0 Å². The maximum atomic E-state index is 13.0. The van der Waals surface area contributed by atoms with Crippen molar-refractivity contribution >= 4 is 17.7 Å². The second-order valence-corrected chi connectivity index (χ2v) is 6.23. The molecule has 0 saturated heterocycles. The van der Waals surface area contributed by atoms with Crippen LogP contribution in [0.3, 0.4) is 0 Å². The van der Waals surface area contributed by atoms with E-state index in [2.05, 4.69) is 15.5 Å². The zero-order chi connectivity index (χ0) is 16.1. The molecule has 1 N–H and O–H groups in total. The third kappa shape index (κ3) is 3.85. The molecular formula is C15H19FN4OS. The zero-order valence-electron chi connectivity index (χ0n) is 12.8. The first kappa shape index (κ1) is 16.5. The van der Waals surface area contributed by atoms with Gasteiger partial charge in [-0.15, -0.1) is 10.2 Å². The van der Waals surface area contributed by atoms with Gasteiger partial charge in [-0.25, -0.2) is 4.39 Å². The van der Waals surface area contributed by atoms with Gasteiger partial charge < -0.3 is 9.88 Å². The van der Waals surface area contributed by atoms with Gasteiger partial charge in [0.2, 0.25) is 5.91 Å². The van der Waals surface area contributed by atoms with Crippen molar-refractivity contribution in [2.45, 2.75) is 30.7 Å². The standard InChI is InChI=1S/C15H19FN4OS/c1-4-9-17-14(21)10(2)22-15-19-18-13(20(15)3)11-5-7-12(16)8-6-11/h5-8,10H,4,9H2,1-3H3,(H,17,21)/t10-/m1/s1. The molecule has 22 heavy (non-hydrogen) atoms. The largest absolute Gasteiger partial charge is 0.355 e. The highest BCUT2D eigenvalue weighted by Gasteiger charge is 2.18. The molecule has 0 saturated carbocycles. The van der Waals surface area contributed by atoms with Crippen LogP contribution in [-0.2, 0) is 11.8 Å². The van der Waals surface area contributed by atoms with E-state index in [1.165, 1.54) is 23.9 Å². The normalized spacial score (nSPS) is 12.2. The summed E-state index contributed by atoms with van der Waals surface area (Å²) in [6.45, 7) is 4.51.